The van der Waals surface area contributed by atoms with E-state index in [4.69, 9.17) is 10.2 Å². The number of aliphatic hydroxyl groups excluding tert-OH is 1. The van der Waals surface area contributed by atoms with E-state index in [0.29, 0.717) is 0 Å². The van der Waals surface area contributed by atoms with Crippen molar-refractivity contribution in [2.24, 2.45) is 0 Å². The normalized spacial score (nSPS) is 10.1. The minimum Gasteiger partial charge on any atom is -0.480 e. The van der Waals surface area contributed by atoms with E-state index in [9.17, 15) is 14.4 Å². The van der Waals surface area contributed by atoms with Gasteiger partial charge in [0.2, 0.25) is 0 Å². The van der Waals surface area contributed by atoms with Crippen molar-refractivity contribution >= 4 is 5.97 Å². The molecule has 0 unspecified atom stereocenters. The molecular weight excluding hydrogens is 192 g/mol. The molecule has 3 N–H and O–H groups in total. The number of aliphatic carboxylic acids is 1. The molecule has 0 radical (unpaired) electrons. The molecule has 0 aliphatic carbocycles. The number of rotatable bonds is 3. The van der Waals surface area contributed by atoms with Gasteiger partial charge in [-0.25, -0.2) is 4.79 Å². The Labute approximate surface area is 77.2 Å². The molecule has 0 saturated carbocycles. The number of carboxylic acid groups (broad SMARTS) is 1. The second-order valence-corrected chi connectivity index (χ2v) is 2.59. The monoisotopic (exact) mass is 200 g/mol. The maximum Gasteiger partial charge on any atom is 0.328 e. The lowest BCUT2D eigenvalue weighted by Gasteiger charge is -2.02. The fraction of sp³-hybridized carbons (Fsp3) is 0.286. The fourth-order valence-corrected chi connectivity index (χ4v) is 0.930. The molecule has 0 aliphatic heterocycles. The van der Waals surface area contributed by atoms with E-state index in [1.54, 1.807) is 0 Å². The second-order valence-electron chi connectivity index (χ2n) is 2.59. The first-order valence-electron chi connectivity index (χ1n) is 3.70. The summed E-state index contributed by atoms with van der Waals surface area (Å²) in [6.45, 7) is -1.10. The molecule has 0 aromatic carbocycles. The van der Waals surface area contributed by atoms with Crippen LogP contribution in [-0.4, -0.2) is 25.7 Å². The minimum absolute atomic E-state index is 0.0501. The topological polar surface area (TPSA) is 112 Å². The third kappa shape index (κ3) is 2.07. The summed E-state index contributed by atoms with van der Waals surface area (Å²) < 4.78 is 0.801. The van der Waals surface area contributed by atoms with Gasteiger partial charge in [0, 0.05) is 6.20 Å². The van der Waals surface area contributed by atoms with Gasteiger partial charge in [0.05, 0.1) is 12.2 Å². The highest BCUT2D eigenvalue weighted by Crippen LogP contribution is 1.86. The lowest BCUT2D eigenvalue weighted by Crippen LogP contribution is -2.33. The van der Waals surface area contributed by atoms with Gasteiger partial charge < -0.3 is 10.2 Å². The molecular formula is C7H8N2O5. The average molecular weight is 200 g/mol. The predicted octanol–water partition coefficient (Wildman–Crippen LogP) is -1.89. The number of carbonyl (C=O) groups is 1. The number of aromatic nitrogens is 2. The van der Waals surface area contributed by atoms with Gasteiger partial charge >= 0.3 is 11.7 Å². The van der Waals surface area contributed by atoms with Crippen molar-refractivity contribution in [3.8, 4) is 0 Å². The Morgan fingerprint density at radius 2 is 2.14 bits per heavy atom. The minimum atomic E-state index is -1.21. The van der Waals surface area contributed by atoms with Gasteiger partial charge in [0.1, 0.15) is 6.54 Å². The van der Waals surface area contributed by atoms with E-state index in [1.165, 1.54) is 0 Å². The van der Waals surface area contributed by atoms with E-state index in [1.807, 2.05) is 4.98 Å². The van der Waals surface area contributed by atoms with E-state index < -0.39 is 30.4 Å². The molecule has 7 nitrogen and oxygen atoms in total. The van der Waals surface area contributed by atoms with Crippen LogP contribution in [0.3, 0.4) is 0 Å². The Morgan fingerprint density at radius 3 is 2.64 bits per heavy atom. The Hall–Kier alpha value is -1.89. The van der Waals surface area contributed by atoms with Gasteiger partial charge in [0.25, 0.3) is 5.56 Å². The molecule has 1 rings (SSSR count). The molecule has 1 aromatic heterocycles. The maximum absolute atomic E-state index is 11.0. The molecule has 76 valence electrons. The summed E-state index contributed by atoms with van der Waals surface area (Å²) >= 11 is 0. The van der Waals surface area contributed by atoms with E-state index >= 15 is 0 Å². The molecule has 0 amide bonds. The van der Waals surface area contributed by atoms with Crippen LogP contribution in [0.4, 0.5) is 0 Å². The zero-order valence-electron chi connectivity index (χ0n) is 7.06. The van der Waals surface area contributed by atoms with Crippen molar-refractivity contribution in [1.82, 2.24) is 9.55 Å². The van der Waals surface area contributed by atoms with Crippen LogP contribution >= 0.6 is 0 Å². The summed E-state index contributed by atoms with van der Waals surface area (Å²) in [5.74, 6) is -1.21. The predicted molar refractivity (Wildman–Crippen MR) is 44.9 cm³/mol. The molecule has 0 bridgehead atoms. The van der Waals surface area contributed by atoms with Crippen LogP contribution in [0.2, 0.25) is 0 Å². The van der Waals surface area contributed by atoms with Gasteiger partial charge in [-0.2, -0.15) is 0 Å². The number of nitrogens with one attached hydrogen (secondary N) is 1. The van der Waals surface area contributed by atoms with Crippen LogP contribution in [0, 0.1) is 0 Å². The van der Waals surface area contributed by atoms with Gasteiger partial charge in [-0.05, 0) is 0 Å². The number of carboxylic acids is 1. The Bertz CT molecular complexity index is 458. The van der Waals surface area contributed by atoms with Crippen molar-refractivity contribution in [2.75, 3.05) is 0 Å². The highest BCUT2D eigenvalue weighted by molar-refractivity contribution is 5.66. The lowest BCUT2D eigenvalue weighted by molar-refractivity contribution is -0.137. The third-order valence-corrected chi connectivity index (χ3v) is 1.56. The maximum atomic E-state index is 11.0. The van der Waals surface area contributed by atoms with Crippen LogP contribution in [0.5, 0.6) is 0 Å². The van der Waals surface area contributed by atoms with Crippen molar-refractivity contribution in [2.45, 2.75) is 13.2 Å². The zero-order chi connectivity index (χ0) is 10.7. The molecule has 0 aliphatic rings. The summed E-state index contributed by atoms with van der Waals surface area (Å²) in [5, 5.41) is 17.1. The smallest absolute Gasteiger partial charge is 0.328 e. The molecule has 0 saturated heterocycles. The summed E-state index contributed by atoms with van der Waals surface area (Å²) in [7, 11) is 0. The van der Waals surface area contributed by atoms with Crippen LogP contribution in [0.25, 0.3) is 0 Å². The molecule has 0 spiro atoms. The van der Waals surface area contributed by atoms with Crippen molar-refractivity contribution in [3.05, 3.63) is 32.6 Å². The first-order valence-corrected chi connectivity index (χ1v) is 3.70. The zero-order valence-corrected chi connectivity index (χ0v) is 7.06. The molecule has 1 heterocycles. The Kier molecular flexibility index (Phi) is 2.82. The standard InChI is InChI=1S/C7H8N2O5/c10-3-4-1-9(2-5(11)12)7(14)8-6(4)13/h1,10H,2-3H2,(H,11,12)(H,8,13,14). The highest BCUT2D eigenvalue weighted by Gasteiger charge is 2.06. The molecule has 14 heavy (non-hydrogen) atoms. The number of hydrogen-bond acceptors (Lipinski definition) is 4. The Balaban J connectivity index is 3.24. The van der Waals surface area contributed by atoms with Crippen LogP contribution < -0.4 is 11.2 Å². The molecule has 0 fully saturated rings. The van der Waals surface area contributed by atoms with Gasteiger partial charge in [-0.1, -0.05) is 0 Å². The highest BCUT2D eigenvalue weighted by atomic mass is 16.4. The second kappa shape index (κ2) is 3.88. The first kappa shape index (κ1) is 10.2. The largest absolute Gasteiger partial charge is 0.480 e. The average Bonchev–Trinajstić information content (AvgIpc) is 2.09. The number of aliphatic hydroxyl groups is 1. The number of aromatic amines is 1. The summed E-state index contributed by atoms with van der Waals surface area (Å²) in [6.07, 6.45) is 1.02. The van der Waals surface area contributed by atoms with E-state index in [0.717, 1.165) is 10.8 Å². The number of H-pyrrole nitrogens is 1. The first-order chi connectivity index (χ1) is 6.54. The molecule has 0 atom stereocenters. The Morgan fingerprint density at radius 1 is 1.50 bits per heavy atom. The van der Waals surface area contributed by atoms with Crippen molar-refractivity contribution in [3.63, 3.8) is 0 Å². The third-order valence-electron chi connectivity index (χ3n) is 1.56. The number of nitrogens with zero attached hydrogens (tertiary/aromatic N) is 1. The van der Waals surface area contributed by atoms with Crippen LogP contribution in [0.15, 0.2) is 15.8 Å². The molecule has 1 aromatic rings. The lowest BCUT2D eigenvalue weighted by atomic mass is 10.3. The SMILES string of the molecule is O=C(O)Cn1cc(CO)c(=O)[nH]c1=O. The molecule has 7 heteroatoms. The van der Waals surface area contributed by atoms with E-state index in [2.05, 4.69) is 0 Å². The van der Waals surface area contributed by atoms with Crippen molar-refractivity contribution in [1.29, 1.82) is 0 Å². The van der Waals surface area contributed by atoms with Crippen LogP contribution in [-0.2, 0) is 17.9 Å². The number of hydrogen-bond donors (Lipinski definition) is 3. The fourth-order valence-electron chi connectivity index (χ4n) is 0.930. The summed E-state index contributed by atoms with van der Waals surface area (Å²) in [4.78, 5) is 34.1. The summed E-state index contributed by atoms with van der Waals surface area (Å²) in [6, 6.07) is 0. The van der Waals surface area contributed by atoms with Gasteiger partial charge in [-0.15, -0.1) is 0 Å². The summed E-state index contributed by atoms with van der Waals surface area (Å²) in [5.41, 5.74) is -1.57. The van der Waals surface area contributed by atoms with E-state index in [-0.39, 0.29) is 5.56 Å². The van der Waals surface area contributed by atoms with Gasteiger partial charge in [0.15, 0.2) is 0 Å². The van der Waals surface area contributed by atoms with Gasteiger partial charge in [-0.3, -0.25) is 19.1 Å². The van der Waals surface area contributed by atoms with Crippen LogP contribution in [0.1, 0.15) is 5.56 Å². The quantitative estimate of drug-likeness (QED) is 0.528. The van der Waals surface area contributed by atoms with Crippen molar-refractivity contribution < 1.29 is 15.0 Å².